The molecule has 3 rings (SSSR count). The monoisotopic (exact) mass is 326 g/mol. The van der Waals surface area contributed by atoms with Gasteiger partial charge in [0.15, 0.2) is 0 Å². The third-order valence-electron chi connectivity index (χ3n) is 5.17. The summed E-state index contributed by atoms with van der Waals surface area (Å²) < 4.78 is 1.86. The van der Waals surface area contributed by atoms with Crippen LogP contribution in [-0.4, -0.2) is 22.4 Å². The fourth-order valence-corrected chi connectivity index (χ4v) is 3.50. The maximum Gasteiger partial charge on any atom is 0.315 e. The van der Waals surface area contributed by atoms with Crippen molar-refractivity contribution in [2.45, 2.75) is 45.1 Å². The highest BCUT2D eigenvalue weighted by molar-refractivity contribution is 5.74. The number of carbonyl (C=O) groups excluding carboxylic acids is 1. The molecule has 24 heavy (non-hydrogen) atoms. The molecule has 0 spiro atoms. The van der Waals surface area contributed by atoms with Crippen LogP contribution >= 0.6 is 0 Å². The number of urea groups is 1. The lowest BCUT2D eigenvalue weighted by Gasteiger charge is -2.19. The second-order valence-electron chi connectivity index (χ2n) is 6.90. The molecule has 0 radical (unpaired) electrons. The molecule has 0 unspecified atom stereocenters. The molecule has 0 saturated heterocycles. The van der Waals surface area contributed by atoms with Crippen LogP contribution in [0.5, 0.6) is 0 Å². The molecular formula is C19H26N4O. The summed E-state index contributed by atoms with van der Waals surface area (Å²) in [6.07, 6.45) is 2.27. The van der Waals surface area contributed by atoms with Crippen molar-refractivity contribution in [3.05, 3.63) is 52.8 Å². The van der Waals surface area contributed by atoms with E-state index in [1.54, 1.807) is 0 Å². The van der Waals surface area contributed by atoms with Crippen molar-refractivity contribution in [3.63, 3.8) is 0 Å². The molecule has 1 aromatic carbocycles. The molecule has 0 bridgehead atoms. The van der Waals surface area contributed by atoms with E-state index in [4.69, 9.17) is 0 Å². The van der Waals surface area contributed by atoms with Crippen LogP contribution in [0, 0.1) is 13.8 Å². The molecule has 1 aliphatic rings. The molecular weight excluding hydrogens is 300 g/mol. The summed E-state index contributed by atoms with van der Waals surface area (Å²) in [7, 11) is 1.93. The zero-order valence-electron chi connectivity index (χ0n) is 14.9. The fourth-order valence-electron chi connectivity index (χ4n) is 3.50. The van der Waals surface area contributed by atoms with Crippen LogP contribution in [0.15, 0.2) is 30.3 Å². The molecule has 1 aromatic heterocycles. The molecule has 5 heteroatoms. The summed E-state index contributed by atoms with van der Waals surface area (Å²) >= 11 is 0. The lowest BCUT2D eigenvalue weighted by molar-refractivity contribution is 0.237. The minimum atomic E-state index is -0.118. The zero-order valence-corrected chi connectivity index (χ0v) is 14.9. The number of hydrogen-bond acceptors (Lipinski definition) is 2. The number of aryl methyl sites for hydroxylation is 2. The number of rotatable bonds is 5. The van der Waals surface area contributed by atoms with Gasteiger partial charge in [-0.1, -0.05) is 30.3 Å². The van der Waals surface area contributed by atoms with E-state index in [0.29, 0.717) is 6.54 Å². The van der Waals surface area contributed by atoms with Crippen LogP contribution in [0.3, 0.4) is 0 Å². The molecule has 2 aromatic rings. The largest absolute Gasteiger partial charge is 0.337 e. The van der Waals surface area contributed by atoms with Crippen molar-refractivity contribution in [2.24, 2.45) is 7.05 Å². The van der Waals surface area contributed by atoms with Crippen molar-refractivity contribution in [1.29, 1.82) is 0 Å². The maximum atomic E-state index is 12.3. The van der Waals surface area contributed by atoms with Gasteiger partial charge in [-0.15, -0.1) is 0 Å². The predicted molar refractivity (Wildman–Crippen MR) is 95.0 cm³/mol. The zero-order chi connectivity index (χ0) is 17.3. The maximum absolute atomic E-state index is 12.3. The van der Waals surface area contributed by atoms with Gasteiger partial charge < -0.3 is 10.6 Å². The first-order chi connectivity index (χ1) is 11.4. The van der Waals surface area contributed by atoms with Crippen molar-refractivity contribution in [3.8, 4) is 0 Å². The molecule has 1 heterocycles. The van der Waals surface area contributed by atoms with Gasteiger partial charge in [0.1, 0.15) is 0 Å². The first-order valence-corrected chi connectivity index (χ1v) is 8.53. The van der Waals surface area contributed by atoms with Crippen LogP contribution in [-0.2, 0) is 12.5 Å². The number of hydrogen-bond donors (Lipinski definition) is 2. The van der Waals surface area contributed by atoms with Gasteiger partial charge in [0, 0.05) is 30.3 Å². The van der Waals surface area contributed by atoms with Gasteiger partial charge in [-0.25, -0.2) is 4.79 Å². The summed E-state index contributed by atoms with van der Waals surface area (Å²) in [6.45, 7) is 6.69. The van der Waals surface area contributed by atoms with Crippen molar-refractivity contribution in [1.82, 2.24) is 20.4 Å². The highest BCUT2D eigenvalue weighted by Gasteiger charge is 2.44. The Labute approximate surface area is 143 Å². The fraction of sp³-hybridized carbons (Fsp3) is 0.474. The number of carbonyl (C=O) groups is 1. The molecule has 2 amide bonds. The Kier molecular flexibility index (Phi) is 4.35. The van der Waals surface area contributed by atoms with Crippen LogP contribution < -0.4 is 10.6 Å². The third-order valence-corrected chi connectivity index (χ3v) is 5.17. The number of amides is 2. The van der Waals surface area contributed by atoms with E-state index in [1.807, 2.05) is 38.6 Å². The van der Waals surface area contributed by atoms with E-state index in [2.05, 4.69) is 40.0 Å². The summed E-state index contributed by atoms with van der Waals surface area (Å²) in [4.78, 5) is 12.3. The van der Waals surface area contributed by atoms with Gasteiger partial charge in [-0.2, -0.15) is 5.10 Å². The quantitative estimate of drug-likeness (QED) is 0.887. The predicted octanol–water partition coefficient (Wildman–Crippen LogP) is 3.13. The van der Waals surface area contributed by atoms with E-state index in [-0.39, 0.29) is 17.5 Å². The SMILES string of the molecule is Cc1nn(C)c(C)c1[C@H](C)NC(=O)NCC1(c2ccccc2)CC1. The summed E-state index contributed by atoms with van der Waals surface area (Å²) in [5.74, 6) is 0. The van der Waals surface area contributed by atoms with Gasteiger partial charge in [-0.3, -0.25) is 4.68 Å². The summed E-state index contributed by atoms with van der Waals surface area (Å²) in [5, 5.41) is 10.5. The van der Waals surface area contributed by atoms with Gasteiger partial charge in [0.25, 0.3) is 0 Å². The Morgan fingerprint density at radius 1 is 1.29 bits per heavy atom. The first kappa shape index (κ1) is 16.6. The van der Waals surface area contributed by atoms with E-state index in [9.17, 15) is 4.79 Å². The normalized spacial score (nSPS) is 16.5. The topological polar surface area (TPSA) is 59.0 Å². The molecule has 5 nitrogen and oxygen atoms in total. The molecule has 1 atom stereocenters. The van der Waals surface area contributed by atoms with Gasteiger partial charge in [0.05, 0.1) is 11.7 Å². The third kappa shape index (κ3) is 3.16. The van der Waals surface area contributed by atoms with Crippen LogP contribution in [0.1, 0.15) is 48.3 Å². The number of benzene rings is 1. The van der Waals surface area contributed by atoms with E-state index in [0.717, 1.165) is 29.8 Å². The molecule has 0 aliphatic heterocycles. The minimum Gasteiger partial charge on any atom is -0.337 e. The average molecular weight is 326 g/mol. The molecule has 1 saturated carbocycles. The smallest absolute Gasteiger partial charge is 0.315 e. The Morgan fingerprint density at radius 3 is 2.50 bits per heavy atom. The number of nitrogens with one attached hydrogen (secondary N) is 2. The van der Waals surface area contributed by atoms with Crippen LogP contribution in [0.2, 0.25) is 0 Å². The van der Waals surface area contributed by atoms with Crippen LogP contribution in [0.25, 0.3) is 0 Å². The Balaban J connectivity index is 1.58. The highest BCUT2D eigenvalue weighted by Crippen LogP contribution is 2.47. The van der Waals surface area contributed by atoms with E-state index < -0.39 is 0 Å². The van der Waals surface area contributed by atoms with Crippen molar-refractivity contribution in [2.75, 3.05) is 6.54 Å². The molecule has 1 fully saturated rings. The van der Waals surface area contributed by atoms with Crippen LogP contribution in [0.4, 0.5) is 4.79 Å². The lowest BCUT2D eigenvalue weighted by atomic mass is 9.96. The van der Waals surface area contributed by atoms with Gasteiger partial charge in [-0.05, 0) is 39.2 Å². The van der Waals surface area contributed by atoms with Crippen molar-refractivity contribution >= 4 is 6.03 Å². The summed E-state index contributed by atoms with van der Waals surface area (Å²) in [5.41, 5.74) is 4.59. The number of nitrogens with zero attached hydrogens (tertiary/aromatic N) is 2. The number of aromatic nitrogens is 2. The summed E-state index contributed by atoms with van der Waals surface area (Å²) in [6, 6.07) is 10.3. The second-order valence-corrected chi connectivity index (χ2v) is 6.90. The van der Waals surface area contributed by atoms with Gasteiger partial charge >= 0.3 is 6.03 Å². The van der Waals surface area contributed by atoms with Gasteiger partial charge in [0.2, 0.25) is 0 Å². The standard InChI is InChI=1S/C19H26N4O/c1-13(17-14(2)22-23(4)15(17)3)21-18(24)20-12-19(10-11-19)16-8-6-5-7-9-16/h5-9,13H,10-12H2,1-4H3,(H2,20,21,24)/t13-/m0/s1. The van der Waals surface area contributed by atoms with E-state index >= 15 is 0 Å². The Morgan fingerprint density at radius 2 is 1.96 bits per heavy atom. The average Bonchev–Trinajstić information content (AvgIpc) is 3.30. The van der Waals surface area contributed by atoms with Crippen molar-refractivity contribution < 1.29 is 4.79 Å². The Bertz CT molecular complexity index is 731. The van der Waals surface area contributed by atoms with E-state index in [1.165, 1.54) is 5.56 Å². The molecule has 128 valence electrons. The Hall–Kier alpha value is -2.30. The molecule has 2 N–H and O–H groups in total. The molecule has 1 aliphatic carbocycles. The lowest BCUT2D eigenvalue weighted by Crippen LogP contribution is -2.41. The first-order valence-electron chi connectivity index (χ1n) is 8.53. The second kappa shape index (κ2) is 6.30. The minimum absolute atomic E-state index is 0.0643. The highest BCUT2D eigenvalue weighted by atomic mass is 16.2.